The minimum Gasteiger partial charge on any atom is -0.353 e. The molecule has 2 aromatic heterocycles. The number of aromatic nitrogens is 3. The molecule has 0 spiro atoms. The highest BCUT2D eigenvalue weighted by molar-refractivity contribution is 5.81. The number of hydrogen-bond donors (Lipinski definition) is 1. The molecule has 0 bridgehead atoms. The molecule has 0 saturated heterocycles. The minimum absolute atomic E-state index is 0.649. The van der Waals surface area contributed by atoms with Crippen LogP contribution in [0.15, 0.2) is 59.0 Å². The summed E-state index contributed by atoms with van der Waals surface area (Å²) in [7, 11) is 1.68. The number of rotatable bonds is 5. The van der Waals surface area contributed by atoms with Crippen molar-refractivity contribution >= 4 is 17.2 Å². The van der Waals surface area contributed by atoms with E-state index in [0.29, 0.717) is 11.9 Å². The number of benzene rings is 1. The highest BCUT2D eigenvalue weighted by atomic mass is 15.3. The second-order valence-electron chi connectivity index (χ2n) is 6.63. The van der Waals surface area contributed by atoms with Gasteiger partial charge in [0.05, 0.1) is 17.4 Å². The summed E-state index contributed by atoms with van der Waals surface area (Å²) in [4.78, 5) is 4.50. The summed E-state index contributed by atoms with van der Waals surface area (Å²) in [5, 5.41) is 15.9. The van der Waals surface area contributed by atoms with Crippen molar-refractivity contribution in [3.05, 3.63) is 54.4 Å². The Morgan fingerprint density at radius 1 is 1.23 bits per heavy atom. The molecule has 4 rings (SSSR count). The molecule has 1 aliphatic rings. The Morgan fingerprint density at radius 3 is 2.85 bits per heavy atom. The molecule has 132 valence electrons. The molecule has 1 aliphatic carbocycles. The van der Waals surface area contributed by atoms with Crippen LogP contribution in [0, 0.1) is 12.8 Å². The SMILES string of the molecule is CN=Nc1ccc(-c2ccn3nc(NCC4CC=CC4)ncc23)cc1C. The van der Waals surface area contributed by atoms with E-state index in [1.165, 1.54) is 0 Å². The third-order valence-electron chi connectivity index (χ3n) is 4.79. The Morgan fingerprint density at radius 2 is 2.08 bits per heavy atom. The fourth-order valence-corrected chi connectivity index (χ4v) is 3.34. The number of allylic oxidation sites excluding steroid dienone is 2. The van der Waals surface area contributed by atoms with Crippen LogP contribution in [0.5, 0.6) is 0 Å². The monoisotopic (exact) mass is 346 g/mol. The maximum Gasteiger partial charge on any atom is 0.241 e. The van der Waals surface area contributed by atoms with Crippen LogP contribution in [0.1, 0.15) is 18.4 Å². The predicted octanol–water partition coefficient (Wildman–Crippen LogP) is 4.80. The zero-order valence-corrected chi connectivity index (χ0v) is 15.1. The fourth-order valence-electron chi connectivity index (χ4n) is 3.34. The first-order valence-electron chi connectivity index (χ1n) is 8.88. The maximum atomic E-state index is 4.59. The molecule has 6 nitrogen and oxygen atoms in total. The predicted molar refractivity (Wildman–Crippen MR) is 104 cm³/mol. The van der Waals surface area contributed by atoms with Gasteiger partial charge in [0.15, 0.2) is 0 Å². The summed E-state index contributed by atoms with van der Waals surface area (Å²) in [5.41, 5.74) is 5.21. The average Bonchev–Trinajstić information content (AvgIpc) is 3.31. The summed E-state index contributed by atoms with van der Waals surface area (Å²) < 4.78 is 1.88. The lowest BCUT2D eigenvalue weighted by Crippen LogP contribution is -2.14. The molecule has 2 heterocycles. The summed E-state index contributed by atoms with van der Waals surface area (Å²) >= 11 is 0. The molecule has 26 heavy (non-hydrogen) atoms. The van der Waals surface area contributed by atoms with Gasteiger partial charge in [0, 0.05) is 25.4 Å². The van der Waals surface area contributed by atoms with Crippen LogP contribution >= 0.6 is 0 Å². The number of anilines is 1. The normalized spacial score (nSPS) is 14.7. The van der Waals surface area contributed by atoms with Gasteiger partial charge in [-0.1, -0.05) is 18.2 Å². The molecule has 0 saturated carbocycles. The Hall–Kier alpha value is -3.02. The van der Waals surface area contributed by atoms with Crippen LogP contribution in [0.4, 0.5) is 11.6 Å². The molecule has 0 atom stereocenters. The van der Waals surface area contributed by atoms with Crippen LogP contribution in [0.3, 0.4) is 0 Å². The number of hydrogen-bond acceptors (Lipinski definition) is 5. The van der Waals surface area contributed by atoms with E-state index in [0.717, 1.165) is 47.3 Å². The third kappa shape index (κ3) is 3.22. The van der Waals surface area contributed by atoms with Crippen LogP contribution in [0.25, 0.3) is 16.6 Å². The molecule has 0 fully saturated rings. The smallest absolute Gasteiger partial charge is 0.241 e. The van der Waals surface area contributed by atoms with Gasteiger partial charge < -0.3 is 5.32 Å². The quantitative estimate of drug-likeness (QED) is 0.533. The summed E-state index contributed by atoms with van der Waals surface area (Å²) in [6.07, 6.45) is 10.6. The van der Waals surface area contributed by atoms with Crippen molar-refractivity contribution in [2.24, 2.45) is 16.1 Å². The second kappa shape index (κ2) is 7.07. The molecule has 0 aliphatic heterocycles. The molecule has 0 amide bonds. The standard InChI is InChI=1S/C20H22N6/c1-14-11-16(7-8-18(14)24-21-2)17-9-10-26-19(17)13-23-20(25-26)22-12-15-5-3-4-6-15/h3-4,7-11,13,15H,5-6,12H2,1-2H3,(H,22,25). The Kier molecular flexibility index (Phi) is 4.48. The van der Waals surface area contributed by atoms with Crippen LogP contribution in [0.2, 0.25) is 0 Å². The van der Waals surface area contributed by atoms with Crippen LogP contribution < -0.4 is 5.32 Å². The topological polar surface area (TPSA) is 66.9 Å². The van der Waals surface area contributed by atoms with Crippen molar-refractivity contribution in [1.29, 1.82) is 0 Å². The summed E-state index contributed by atoms with van der Waals surface area (Å²) in [6.45, 7) is 2.95. The molecule has 1 N–H and O–H groups in total. The van der Waals surface area contributed by atoms with E-state index < -0.39 is 0 Å². The number of nitrogens with zero attached hydrogens (tertiary/aromatic N) is 5. The van der Waals surface area contributed by atoms with Gasteiger partial charge in [-0.05, 0) is 55.0 Å². The van der Waals surface area contributed by atoms with Crippen molar-refractivity contribution in [2.45, 2.75) is 19.8 Å². The van der Waals surface area contributed by atoms with E-state index in [4.69, 9.17) is 0 Å². The lowest BCUT2D eigenvalue weighted by atomic mass is 10.0. The third-order valence-corrected chi connectivity index (χ3v) is 4.79. The fraction of sp³-hybridized carbons (Fsp3) is 0.300. The van der Waals surface area contributed by atoms with Gasteiger partial charge in [-0.2, -0.15) is 10.2 Å². The first kappa shape index (κ1) is 16.4. The number of nitrogens with one attached hydrogen (secondary N) is 1. The lowest BCUT2D eigenvalue weighted by Gasteiger charge is -2.10. The van der Waals surface area contributed by atoms with E-state index >= 15 is 0 Å². The van der Waals surface area contributed by atoms with Gasteiger partial charge in [-0.3, -0.25) is 0 Å². The Labute approximate surface area is 152 Å². The second-order valence-corrected chi connectivity index (χ2v) is 6.63. The van der Waals surface area contributed by atoms with Gasteiger partial charge in [-0.25, -0.2) is 9.50 Å². The molecule has 6 heteroatoms. The zero-order chi connectivity index (χ0) is 17.9. The molecule has 1 aromatic carbocycles. The maximum absolute atomic E-state index is 4.59. The van der Waals surface area contributed by atoms with Gasteiger partial charge in [0.2, 0.25) is 5.95 Å². The van der Waals surface area contributed by atoms with E-state index in [-0.39, 0.29) is 0 Å². The van der Waals surface area contributed by atoms with Crippen molar-refractivity contribution in [3.8, 4) is 11.1 Å². The van der Waals surface area contributed by atoms with E-state index in [9.17, 15) is 0 Å². The van der Waals surface area contributed by atoms with Crippen molar-refractivity contribution in [2.75, 3.05) is 18.9 Å². The van der Waals surface area contributed by atoms with Gasteiger partial charge in [0.1, 0.15) is 0 Å². The Balaban J connectivity index is 1.58. The molecule has 3 aromatic rings. The molecule has 0 radical (unpaired) electrons. The average molecular weight is 346 g/mol. The Bertz CT molecular complexity index is 977. The van der Waals surface area contributed by atoms with E-state index in [1.54, 1.807) is 7.05 Å². The highest BCUT2D eigenvalue weighted by Gasteiger charge is 2.12. The molecular weight excluding hydrogens is 324 g/mol. The van der Waals surface area contributed by atoms with Crippen molar-refractivity contribution in [1.82, 2.24) is 14.6 Å². The zero-order valence-electron chi connectivity index (χ0n) is 15.1. The van der Waals surface area contributed by atoms with Crippen molar-refractivity contribution < 1.29 is 0 Å². The summed E-state index contributed by atoms with van der Waals surface area (Å²) in [6, 6.07) is 8.25. The first-order valence-corrected chi connectivity index (χ1v) is 8.88. The van der Waals surface area contributed by atoms with Crippen LogP contribution in [-0.2, 0) is 0 Å². The molecule has 0 unspecified atom stereocenters. The van der Waals surface area contributed by atoms with E-state index in [1.807, 2.05) is 29.9 Å². The van der Waals surface area contributed by atoms with E-state index in [2.05, 4.69) is 56.0 Å². The number of fused-ring (bicyclic) bond motifs is 1. The lowest BCUT2D eigenvalue weighted by molar-refractivity contribution is 0.599. The highest BCUT2D eigenvalue weighted by Crippen LogP contribution is 2.30. The largest absolute Gasteiger partial charge is 0.353 e. The van der Waals surface area contributed by atoms with Crippen molar-refractivity contribution in [3.63, 3.8) is 0 Å². The van der Waals surface area contributed by atoms with Gasteiger partial charge in [0.25, 0.3) is 0 Å². The van der Waals surface area contributed by atoms with Gasteiger partial charge in [-0.15, -0.1) is 5.10 Å². The first-order chi connectivity index (χ1) is 12.7. The van der Waals surface area contributed by atoms with Gasteiger partial charge >= 0.3 is 0 Å². The van der Waals surface area contributed by atoms with Crippen LogP contribution in [-0.4, -0.2) is 28.2 Å². The minimum atomic E-state index is 0.649. The number of azo groups is 1. The molecular formula is C20H22N6. The number of aryl methyl sites for hydroxylation is 1. The summed E-state index contributed by atoms with van der Waals surface area (Å²) in [5.74, 6) is 1.32.